The predicted octanol–water partition coefficient (Wildman–Crippen LogP) is 5.43. The van der Waals surface area contributed by atoms with Gasteiger partial charge >= 0.3 is 0 Å². The molecule has 0 amide bonds. The van der Waals surface area contributed by atoms with Crippen LogP contribution in [0.25, 0.3) is 10.2 Å². The SMILES string of the molecule is C=C(C)Cn1c(SCc2ccc(C)cc2C)nc2sc3c(c2c1=O)CCC3. The van der Waals surface area contributed by atoms with E-state index in [1.807, 2.05) is 11.5 Å². The lowest BCUT2D eigenvalue weighted by Gasteiger charge is -2.13. The lowest BCUT2D eigenvalue weighted by molar-refractivity contribution is 0.652. The Morgan fingerprint density at radius 1 is 1.33 bits per heavy atom. The topological polar surface area (TPSA) is 34.9 Å². The van der Waals surface area contributed by atoms with E-state index in [0.29, 0.717) is 6.54 Å². The zero-order chi connectivity index (χ0) is 19.1. The van der Waals surface area contributed by atoms with E-state index >= 15 is 0 Å². The van der Waals surface area contributed by atoms with Crippen molar-refractivity contribution in [1.82, 2.24) is 9.55 Å². The summed E-state index contributed by atoms with van der Waals surface area (Å²) in [6.45, 7) is 10.8. The quantitative estimate of drug-likeness (QED) is 0.328. The number of thiophene rings is 1. The number of fused-ring (bicyclic) bond motifs is 3. The zero-order valence-corrected chi connectivity index (χ0v) is 17.7. The first-order valence-electron chi connectivity index (χ1n) is 9.32. The van der Waals surface area contributed by atoms with Crippen LogP contribution in [0.3, 0.4) is 0 Å². The van der Waals surface area contributed by atoms with Gasteiger partial charge in [-0.25, -0.2) is 4.98 Å². The molecule has 0 atom stereocenters. The lowest BCUT2D eigenvalue weighted by atomic mass is 10.1. The van der Waals surface area contributed by atoms with Gasteiger partial charge in [-0.05, 0) is 56.7 Å². The van der Waals surface area contributed by atoms with Crippen LogP contribution in [0.1, 0.15) is 40.5 Å². The molecule has 27 heavy (non-hydrogen) atoms. The van der Waals surface area contributed by atoms with Gasteiger partial charge < -0.3 is 0 Å². The summed E-state index contributed by atoms with van der Waals surface area (Å²) in [5.74, 6) is 0.811. The monoisotopic (exact) mass is 396 g/mol. The summed E-state index contributed by atoms with van der Waals surface area (Å²) < 4.78 is 1.82. The highest BCUT2D eigenvalue weighted by Gasteiger charge is 2.23. The third-order valence-electron chi connectivity index (χ3n) is 5.07. The Hall–Kier alpha value is -1.85. The minimum atomic E-state index is 0.102. The molecule has 0 saturated carbocycles. The summed E-state index contributed by atoms with van der Waals surface area (Å²) in [7, 11) is 0. The van der Waals surface area contributed by atoms with Crippen molar-refractivity contribution >= 4 is 33.3 Å². The molecule has 0 unspecified atom stereocenters. The van der Waals surface area contributed by atoms with Crippen LogP contribution in [0.4, 0.5) is 0 Å². The molecule has 0 spiro atoms. The first kappa shape index (κ1) is 18.5. The number of nitrogens with zero attached hydrogens (tertiary/aromatic N) is 2. The first-order chi connectivity index (χ1) is 12.9. The van der Waals surface area contributed by atoms with E-state index in [1.165, 1.54) is 27.1 Å². The number of allylic oxidation sites excluding steroid dienone is 1. The van der Waals surface area contributed by atoms with Gasteiger partial charge in [-0.15, -0.1) is 11.3 Å². The van der Waals surface area contributed by atoms with Gasteiger partial charge in [0.2, 0.25) is 0 Å². The molecule has 1 aliphatic rings. The number of aryl methyl sites for hydroxylation is 4. The van der Waals surface area contributed by atoms with Crippen LogP contribution in [0.2, 0.25) is 0 Å². The third-order valence-corrected chi connectivity index (χ3v) is 7.28. The van der Waals surface area contributed by atoms with Gasteiger partial charge in [-0.2, -0.15) is 0 Å². The summed E-state index contributed by atoms with van der Waals surface area (Å²) in [4.78, 5) is 20.5. The van der Waals surface area contributed by atoms with Gasteiger partial charge in [0.15, 0.2) is 5.16 Å². The Morgan fingerprint density at radius 2 is 2.15 bits per heavy atom. The Kier molecular flexibility index (Phi) is 4.99. The maximum Gasteiger partial charge on any atom is 0.263 e. The average molecular weight is 397 g/mol. The highest BCUT2D eigenvalue weighted by molar-refractivity contribution is 7.98. The molecule has 4 rings (SSSR count). The Morgan fingerprint density at radius 3 is 2.89 bits per heavy atom. The summed E-state index contributed by atoms with van der Waals surface area (Å²) in [5.41, 5.74) is 6.16. The molecule has 0 bridgehead atoms. The van der Waals surface area contributed by atoms with E-state index in [1.54, 1.807) is 23.1 Å². The van der Waals surface area contributed by atoms with E-state index in [4.69, 9.17) is 4.98 Å². The molecule has 0 N–H and O–H groups in total. The molecule has 2 aromatic heterocycles. The molecule has 1 aliphatic carbocycles. The van der Waals surface area contributed by atoms with Crippen LogP contribution >= 0.6 is 23.1 Å². The standard InChI is InChI=1S/C22H24N2OS2/c1-13(2)11-24-21(25)19-17-6-5-7-18(17)27-20(19)23-22(24)26-12-16-9-8-14(3)10-15(16)4/h8-10H,1,5-7,11-12H2,2-4H3. The molecule has 5 heteroatoms. The molecular formula is C22H24N2OS2. The third kappa shape index (κ3) is 3.50. The summed E-state index contributed by atoms with van der Waals surface area (Å²) in [5, 5.41) is 1.65. The van der Waals surface area contributed by atoms with Gasteiger partial charge in [-0.1, -0.05) is 47.7 Å². The van der Waals surface area contributed by atoms with Crippen molar-refractivity contribution in [1.29, 1.82) is 0 Å². The Bertz CT molecular complexity index is 1110. The van der Waals surface area contributed by atoms with Crippen LogP contribution in [-0.4, -0.2) is 9.55 Å². The molecule has 140 valence electrons. The summed E-state index contributed by atoms with van der Waals surface area (Å²) in [6.07, 6.45) is 3.25. The highest BCUT2D eigenvalue weighted by atomic mass is 32.2. The number of aromatic nitrogens is 2. The fourth-order valence-electron chi connectivity index (χ4n) is 3.73. The average Bonchev–Trinajstić information content (AvgIpc) is 3.17. The van der Waals surface area contributed by atoms with Gasteiger partial charge in [0.1, 0.15) is 4.83 Å². The number of hydrogen-bond acceptors (Lipinski definition) is 4. The van der Waals surface area contributed by atoms with Crippen molar-refractivity contribution in [2.45, 2.75) is 57.5 Å². The second kappa shape index (κ2) is 7.28. The molecule has 0 fully saturated rings. The molecule has 3 aromatic rings. The van der Waals surface area contributed by atoms with E-state index in [-0.39, 0.29) is 5.56 Å². The second-order valence-electron chi connectivity index (χ2n) is 7.50. The smallest absolute Gasteiger partial charge is 0.263 e. The van der Waals surface area contributed by atoms with Crippen molar-refractivity contribution in [2.24, 2.45) is 0 Å². The molecular weight excluding hydrogens is 372 g/mol. The molecule has 1 aromatic carbocycles. The number of benzene rings is 1. The van der Waals surface area contributed by atoms with Crippen LogP contribution < -0.4 is 5.56 Å². The van der Waals surface area contributed by atoms with Crippen molar-refractivity contribution in [3.63, 3.8) is 0 Å². The largest absolute Gasteiger partial charge is 0.283 e. The first-order valence-corrected chi connectivity index (χ1v) is 11.1. The number of thioether (sulfide) groups is 1. The van der Waals surface area contributed by atoms with Crippen LogP contribution in [0.5, 0.6) is 0 Å². The molecule has 2 heterocycles. The normalized spacial score (nSPS) is 13.3. The molecule has 0 radical (unpaired) electrons. The molecule has 0 saturated heterocycles. The Labute approximate surface area is 168 Å². The number of hydrogen-bond donors (Lipinski definition) is 0. The van der Waals surface area contributed by atoms with Crippen LogP contribution in [-0.2, 0) is 25.1 Å². The lowest BCUT2D eigenvalue weighted by Crippen LogP contribution is -2.24. The van der Waals surface area contributed by atoms with Gasteiger partial charge in [0.25, 0.3) is 5.56 Å². The van der Waals surface area contributed by atoms with Crippen molar-refractivity contribution in [3.05, 3.63) is 67.8 Å². The maximum absolute atomic E-state index is 13.3. The van der Waals surface area contributed by atoms with E-state index in [0.717, 1.165) is 46.0 Å². The summed E-state index contributed by atoms with van der Waals surface area (Å²) >= 11 is 3.36. The van der Waals surface area contributed by atoms with Gasteiger partial charge in [0, 0.05) is 17.2 Å². The summed E-state index contributed by atoms with van der Waals surface area (Å²) in [6, 6.07) is 6.53. The van der Waals surface area contributed by atoms with Crippen LogP contribution in [0.15, 0.2) is 40.3 Å². The minimum absolute atomic E-state index is 0.102. The molecule has 0 aliphatic heterocycles. The van der Waals surface area contributed by atoms with E-state index in [2.05, 4.69) is 38.6 Å². The molecule has 3 nitrogen and oxygen atoms in total. The van der Waals surface area contributed by atoms with E-state index in [9.17, 15) is 4.79 Å². The zero-order valence-electron chi connectivity index (χ0n) is 16.1. The van der Waals surface area contributed by atoms with Crippen molar-refractivity contribution in [2.75, 3.05) is 0 Å². The number of rotatable bonds is 5. The van der Waals surface area contributed by atoms with Crippen molar-refractivity contribution in [3.8, 4) is 0 Å². The van der Waals surface area contributed by atoms with E-state index < -0.39 is 0 Å². The fraction of sp³-hybridized carbons (Fsp3) is 0.364. The minimum Gasteiger partial charge on any atom is -0.283 e. The maximum atomic E-state index is 13.3. The van der Waals surface area contributed by atoms with Gasteiger partial charge in [-0.3, -0.25) is 9.36 Å². The second-order valence-corrected chi connectivity index (χ2v) is 9.53. The van der Waals surface area contributed by atoms with Crippen LogP contribution in [0, 0.1) is 13.8 Å². The highest BCUT2D eigenvalue weighted by Crippen LogP contribution is 2.36. The Balaban J connectivity index is 1.76. The van der Waals surface area contributed by atoms with Gasteiger partial charge in [0.05, 0.1) is 5.39 Å². The predicted molar refractivity (Wildman–Crippen MR) is 116 cm³/mol. The fourth-order valence-corrected chi connectivity index (χ4v) is 6.11. The van der Waals surface area contributed by atoms with Crippen molar-refractivity contribution < 1.29 is 0 Å².